The van der Waals surface area contributed by atoms with Gasteiger partial charge in [-0.1, -0.05) is 18.2 Å². The molecule has 1 aliphatic rings. The highest BCUT2D eigenvalue weighted by Crippen LogP contribution is 2.21. The van der Waals surface area contributed by atoms with Gasteiger partial charge in [-0.15, -0.1) is 0 Å². The molecule has 23 heavy (non-hydrogen) atoms. The fourth-order valence-electron chi connectivity index (χ4n) is 3.10. The van der Waals surface area contributed by atoms with Crippen molar-refractivity contribution in [1.29, 1.82) is 0 Å². The van der Waals surface area contributed by atoms with Crippen LogP contribution >= 0.6 is 0 Å². The molecule has 2 aromatic carbocycles. The lowest BCUT2D eigenvalue weighted by Gasteiger charge is -2.39. The smallest absolute Gasteiger partial charge is 0.124 e. The SMILES string of the molecule is Fc1ccc(OC2CN(CCc3c[nH]c4ccccc34)C2)cc1. The van der Waals surface area contributed by atoms with Gasteiger partial charge >= 0.3 is 0 Å². The second-order valence-corrected chi connectivity index (χ2v) is 6.06. The number of para-hydroxylation sites is 1. The normalized spacial score (nSPS) is 15.7. The Kier molecular flexibility index (Phi) is 3.75. The fraction of sp³-hybridized carbons (Fsp3) is 0.263. The van der Waals surface area contributed by atoms with Crippen molar-refractivity contribution in [3.8, 4) is 5.75 Å². The van der Waals surface area contributed by atoms with Gasteiger partial charge < -0.3 is 9.72 Å². The Morgan fingerprint density at radius 1 is 1.09 bits per heavy atom. The molecule has 1 fully saturated rings. The fourth-order valence-corrected chi connectivity index (χ4v) is 3.10. The van der Waals surface area contributed by atoms with Crippen molar-refractivity contribution in [1.82, 2.24) is 9.88 Å². The van der Waals surface area contributed by atoms with Crippen LogP contribution in [0.15, 0.2) is 54.7 Å². The molecule has 1 aliphatic heterocycles. The molecule has 0 atom stereocenters. The lowest BCUT2D eigenvalue weighted by Crippen LogP contribution is -2.54. The van der Waals surface area contributed by atoms with Crippen LogP contribution in [0.2, 0.25) is 0 Å². The molecular formula is C19H19FN2O. The first-order valence-corrected chi connectivity index (χ1v) is 7.97. The Bertz CT molecular complexity index is 790. The van der Waals surface area contributed by atoms with Crippen molar-refractivity contribution >= 4 is 10.9 Å². The number of likely N-dealkylation sites (tertiary alicyclic amines) is 1. The Balaban J connectivity index is 1.27. The molecule has 0 saturated carbocycles. The van der Waals surface area contributed by atoms with Gasteiger partial charge in [-0.25, -0.2) is 4.39 Å². The van der Waals surface area contributed by atoms with E-state index in [1.807, 2.05) is 0 Å². The van der Waals surface area contributed by atoms with Gasteiger partial charge in [0, 0.05) is 36.7 Å². The van der Waals surface area contributed by atoms with E-state index in [-0.39, 0.29) is 11.9 Å². The van der Waals surface area contributed by atoms with E-state index in [0.717, 1.165) is 31.8 Å². The molecule has 0 bridgehead atoms. The van der Waals surface area contributed by atoms with E-state index in [1.54, 1.807) is 12.1 Å². The number of rotatable bonds is 5. The first kappa shape index (κ1) is 14.3. The molecule has 0 aliphatic carbocycles. The van der Waals surface area contributed by atoms with Crippen molar-refractivity contribution in [2.75, 3.05) is 19.6 Å². The first-order valence-electron chi connectivity index (χ1n) is 7.97. The number of hydrogen-bond acceptors (Lipinski definition) is 2. The predicted octanol–water partition coefficient (Wildman–Crippen LogP) is 3.61. The van der Waals surface area contributed by atoms with Crippen LogP contribution in [0.1, 0.15) is 5.56 Å². The monoisotopic (exact) mass is 310 g/mol. The number of nitrogens with one attached hydrogen (secondary N) is 1. The maximum Gasteiger partial charge on any atom is 0.124 e. The summed E-state index contributed by atoms with van der Waals surface area (Å²) in [5, 5.41) is 1.31. The van der Waals surface area contributed by atoms with E-state index in [1.165, 1.54) is 28.6 Å². The van der Waals surface area contributed by atoms with E-state index >= 15 is 0 Å². The Morgan fingerprint density at radius 2 is 1.87 bits per heavy atom. The van der Waals surface area contributed by atoms with E-state index in [9.17, 15) is 4.39 Å². The van der Waals surface area contributed by atoms with E-state index in [0.29, 0.717) is 0 Å². The number of H-pyrrole nitrogens is 1. The Labute approximate surface area is 134 Å². The summed E-state index contributed by atoms with van der Waals surface area (Å²) in [7, 11) is 0. The lowest BCUT2D eigenvalue weighted by atomic mass is 10.1. The molecule has 118 valence electrons. The van der Waals surface area contributed by atoms with Gasteiger partial charge in [-0.05, 0) is 42.3 Å². The highest BCUT2D eigenvalue weighted by Gasteiger charge is 2.28. The van der Waals surface area contributed by atoms with Crippen molar-refractivity contribution in [3.05, 3.63) is 66.1 Å². The topological polar surface area (TPSA) is 28.3 Å². The van der Waals surface area contributed by atoms with Gasteiger partial charge in [0.15, 0.2) is 0 Å². The molecule has 0 unspecified atom stereocenters. The van der Waals surface area contributed by atoms with Crippen LogP contribution in [0.3, 0.4) is 0 Å². The summed E-state index contributed by atoms with van der Waals surface area (Å²) < 4.78 is 18.7. The summed E-state index contributed by atoms with van der Waals surface area (Å²) in [5.41, 5.74) is 2.56. The molecule has 1 N–H and O–H groups in total. The minimum Gasteiger partial charge on any atom is -0.488 e. The average molecular weight is 310 g/mol. The third-order valence-electron chi connectivity index (χ3n) is 4.41. The van der Waals surface area contributed by atoms with E-state index in [2.05, 4.69) is 40.3 Å². The number of hydrogen-bond donors (Lipinski definition) is 1. The Morgan fingerprint density at radius 3 is 2.70 bits per heavy atom. The van der Waals surface area contributed by atoms with Crippen molar-refractivity contribution in [2.45, 2.75) is 12.5 Å². The maximum absolute atomic E-state index is 12.9. The summed E-state index contributed by atoms with van der Waals surface area (Å²) in [6, 6.07) is 14.6. The predicted molar refractivity (Wildman–Crippen MR) is 89.3 cm³/mol. The van der Waals surface area contributed by atoms with Gasteiger partial charge in [-0.3, -0.25) is 4.90 Å². The third kappa shape index (κ3) is 3.08. The number of aromatic amines is 1. The second-order valence-electron chi connectivity index (χ2n) is 6.06. The minimum absolute atomic E-state index is 0.212. The molecular weight excluding hydrogens is 291 g/mol. The zero-order valence-electron chi connectivity index (χ0n) is 12.8. The van der Waals surface area contributed by atoms with Crippen LogP contribution in [0.5, 0.6) is 5.75 Å². The van der Waals surface area contributed by atoms with Crippen molar-refractivity contribution in [3.63, 3.8) is 0 Å². The molecule has 4 rings (SSSR count). The molecule has 4 heteroatoms. The number of halogens is 1. The largest absolute Gasteiger partial charge is 0.488 e. The molecule has 3 aromatic rings. The zero-order chi connectivity index (χ0) is 15.6. The molecule has 1 saturated heterocycles. The van der Waals surface area contributed by atoms with Gasteiger partial charge in [0.25, 0.3) is 0 Å². The van der Waals surface area contributed by atoms with E-state index < -0.39 is 0 Å². The highest BCUT2D eigenvalue weighted by atomic mass is 19.1. The molecule has 0 amide bonds. The van der Waals surface area contributed by atoms with Crippen molar-refractivity contribution < 1.29 is 9.13 Å². The zero-order valence-corrected chi connectivity index (χ0v) is 12.8. The molecule has 3 nitrogen and oxygen atoms in total. The average Bonchev–Trinajstić information content (AvgIpc) is 2.94. The van der Waals surface area contributed by atoms with Crippen LogP contribution in [0.25, 0.3) is 10.9 Å². The van der Waals surface area contributed by atoms with Crippen LogP contribution in [-0.4, -0.2) is 35.6 Å². The molecule has 2 heterocycles. The second kappa shape index (κ2) is 6.05. The number of nitrogens with zero attached hydrogens (tertiary/aromatic N) is 1. The number of benzene rings is 2. The number of ether oxygens (including phenoxy) is 1. The van der Waals surface area contributed by atoms with Gasteiger partial charge in [0.2, 0.25) is 0 Å². The molecule has 0 radical (unpaired) electrons. The van der Waals surface area contributed by atoms with Crippen LogP contribution < -0.4 is 4.74 Å². The summed E-state index contributed by atoms with van der Waals surface area (Å²) >= 11 is 0. The van der Waals surface area contributed by atoms with Crippen LogP contribution in [0, 0.1) is 5.82 Å². The standard InChI is InChI=1S/C19H19FN2O/c20-15-5-7-16(8-6-15)23-17-12-22(13-17)10-9-14-11-21-19-4-2-1-3-18(14)19/h1-8,11,17,21H,9-10,12-13H2. The van der Waals surface area contributed by atoms with Gasteiger partial charge in [0.05, 0.1) is 0 Å². The summed E-state index contributed by atoms with van der Waals surface area (Å²) in [5.74, 6) is 0.513. The Hall–Kier alpha value is -2.33. The number of aromatic nitrogens is 1. The van der Waals surface area contributed by atoms with Crippen LogP contribution in [-0.2, 0) is 6.42 Å². The van der Waals surface area contributed by atoms with Crippen molar-refractivity contribution in [2.24, 2.45) is 0 Å². The first-order chi connectivity index (χ1) is 11.3. The number of fused-ring (bicyclic) bond motifs is 1. The minimum atomic E-state index is -0.230. The quantitative estimate of drug-likeness (QED) is 0.780. The highest BCUT2D eigenvalue weighted by molar-refractivity contribution is 5.83. The summed E-state index contributed by atoms with van der Waals surface area (Å²) in [6.45, 7) is 2.89. The maximum atomic E-state index is 12.9. The summed E-state index contributed by atoms with van der Waals surface area (Å²) in [6.07, 6.45) is 3.35. The van der Waals surface area contributed by atoms with E-state index in [4.69, 9.17) is 4.74 Å². The lowest BCUT2D eigenvalue weighted by molar-refractivity contribution is 0.0209. The third-order valence-corrected chi connectivity index (χ3v) is 4.41. The molecule has 1 aromatic heterocycles. The molecule has 0 spiro atoms. The van der Waals surface area contributed by atoms with Gasteiger partial charge in [-0.2, -0.15) is 0 Å². The summed E-state index contributed by atoms with van der Waals surface area (Å²) in [4.78, 5) is 5.70. The van der Waals surface area contributed by atoms with Gasteiger partial charge in [0.1, 0.15) is 17.7 Å². The van der Waals surface area contributed by atoms with Crippen LogP contribution in [0.4, 0.5) is 4.39 Å².